The second kappa shape index (κ2) is 5.75. The van der Waals surface area contributed by atoms with Gasteiger partial charge in [0.25, 0.3) is 0 Å². The molecule has 1 fully saturated rings. The summed E-state index contributed by atoms with van der Waals surface area (Å²) in [5.41, 5.74) is 2.19. The topological polar surface area (TPSA) is 17.8 Å². The number of halogens is 2. The van der Waals surface area contributed by atoms with Crippen molar-refractivity contribution in [1.82, 2.24) is 9.78 Å². The Morgan fingerprint density at radius 2 is 2.12 bits per heavy atom. The Labute approximate surface area is 117 Å². The van der Waals surface area contributed by atoms with Crippen molar-refractivity contribution in [2.75, 3.05) is 0 Å². The van der Waals surface area contributed by atoms with E-state index in [1.54, 1.807) is 0 Å². The quantitative estimate of drug-likeness (QED) is 0.757. The van der Waals surface area contributed by atoms with Crippen LogP contribution < -0.4 is 0 Å². The van der Waals surface area contributed by atoms with Crippen LogP contribution >= 0.6 is 27.5 Å². The minimum absolute atomic E-state index is 0.646. The van der Waals surface area contributed by atoms with E-state index in [1.165, 1.54) is 31.4 Å². The highest BCUT2D eigenvalue weighted by Crippen LogP contribution is 2.34. The highest BCUT2D eigenvalue weighted by molar-refractivity contribution is 9.09. The molecule has 1 aliphatic carbocycles. The molecular formula is C13H20BrClN2. The highest BCUT2D eigenvalue weighted by atomic mass is 79.9. The Morgan fingerprint density at radius 1 is 1.41 bits per heavy atom. The second-order valence-electron chi connectivity index (χ2n) is 4.93. The molecule has 17 heavy (non-hydrogen) atoms. The van der Waals surface area contributed by atoms with Gasteiger partial charge in [-0.1, -0.05) is 40.4 Å². The van der Waals surface area contributed by atoms with Gasteiger partial charge in [-0.25, -0.2) is 0 Å². The first-order chi connectivity index (χ1) is 8.13. The van der Waals surface area contributed by atoms with Crippen molar-refractivity contribution in [3.63, 3.8) is 0 Å². The summed E-state index contributed by atoms with van der Waals surface area (Å²) in [4.78, 5) is 0.646. The van der Waals surface area contributed by atoms with Gasteiger partial charge in [0.2, 0.25) is 0 Å². The molecule has 0 aromatic carbocycles. The summed E-state index contributed by atoms with van der Waals surface area (Å²) in [6, 6.07) is 0. The molecule has 1 aromatic heterocycles. The third-order valence-electron chi connectivity index (χ3n) is 3.72. The molecule has 2 unspecified atom stereocenters. The van der Waals surface area contributed by atoms with Gasteiger partial charge in [-0.05, 0) is 39.0 Å². The molecule has 2 nitrogen and oxygen atoms in total. The number of aromatic nitrogens is 2. The molecule has 1 aliphatic rings. The van der Waals surface area contributed by atoms with Crippen LogP contribution in [0.2, 0.25) is 5.02 Å². The van der Waals surface area contributed by atoms with Crippen LogP contribution in [-0.2, 0) is 13.0 Å². The molecule has 0 bridgehead atoms. The SMILES string of the molecule is CCn1nc(C)c(Cl)c1CC1CCCCC1Br. The first-order valence-electron chi connectivity index (χ1n) is 6.49. The maximum absolute atomic E-state index is 6.36. The van der Waals surface area contributed by atoms with Crippen LogP contribution in [0.5, 0.6) is 0 Å². The summed E-state index contributed by atoms with van der Waals surface area (Å²) in [7, 11) is 0. The number of rotatable bonds is 3. The van der Waals surface area contributed by atoms with Gasteiger partial charge >= 0.3 is 0 Å². The van der Waals surface area contributed by atoms with Gasteiger partial charge in [0.1, 0.15) is 0 Å². The van der Waals surface area contributed by atoms with E-state index in [0.29, 0.717) is 10.7 Å². The molecule has 0 spiro atoms. The normalized spacial score (nSPS) is 25.2. The van der Waals surface area contributed by atoms with Crippen molar-refractivity contribution in [2.24, 2.45) is 5.92 Å². The van der Waals surface area contributed by atoms with Crippen LogP contribution in [-0.4, -0.2) is 14.6 Å². The van der Waals surface area contributed by atoms with Crippen LogP contribution in [0.3, 0.4) is 0 Å². The number of hydrogen-bond acceptors (Lipinski definition) is 1. The van der Waals surface area contributed by atoms with Crippen molar-refractivity contribution in [3.8, 4) is 0 Å². The number of alkyl halides is 1. The van der Waals surface area contributed by atoms with Crippen molar-refractivity contribution >= 4 is 27.5 Å². The first-order valence-corrected chi connectivity index (χ1v) is 7.78. The molecule has 2 rings (SSSR count). The minimum Gasteiger partial charge on any atom is -0.268 e. The average Bonchev–Trinajstić information content (AvgIpc) is 2.59. The predicted molar refractivity (Wildman–Crippen MR) is 76.0 cm³/mol. The fraction of sp³-hybridized carbons (Fsp3) is 0.769. The van der Waals surface area contributed by atoms with E-state index in [0.717, 1.165) is 23.7 Å². The maximum atomic E-state index is 6.36. The van der Waals surface area contributed by atoms with E-state index in [4.69, 9.17) is 11.6 Å². The molecule has 1 aromatic rings. The summed E-state index contributed by atoms with van der Waals surface area (Å²) < 4.78 is 2.06. The largest absolute Gasteiger partial charge is 0.268 e. The van der Waals surface area contributed by atoms with E-state index in [-0.39, 0.29) is 0 Å². The van der Waals surface area contributed by atoms with E-state index in [1.807, 2.05) is 6.92 Å². The Hall–Kier alpha value is -0.0200. The lowest BCUT2D eigenvalue weighted by Gasteiger charge is -2.27. The molecule has 0 amide bonds. The fourth-order valence-electron chi connectivity index (χ4n) is 2.70. The van der Waals surface area contributed by atoms with Crippen LogP contribution in [0.1, 0.15) is 44.0 Å². The zero-order valence-corrected chi connectivity index (χ0v) is 12.9. The van der Waals surface area contributed by atoms with Crippen molar-refractivity contribution < 1.29 is 0 Å². The van der Waals surface area contributed by atoms with Gasteiger partial charge in [0, 0.05) is 11.4 Å². The van der Waals surface area contributed by atoms with E-state index < -0.39 is 0 Å². The number of nitrogens with zero attached hydrogens (tertiary/aromatic N) is 2. The molecule has 0 radical (unpaired) electrons. The average molecular weight is 320 g/mol. The fourth-order valence-corrected chi connectivity index (χ4v) is 3.69. The summed E-state index contributed by atoms with van der Waals surface area (Å²) >= 11 is 10.2. The number of aryl methyl sites for hydroxylation is 2. The van der Waals surface area contributed by atoms with Gasteiger partial charge in [0.05, 0.1) is 16.4 Å². The lowest BCUT2D eigenvalue weighted by molar-refractivity contribution is 0.365. The summed E-state index contributed by atoms with van der Waals surface area (Å²) in [5, 5.41) is 5.36. The maximum Gasteiger partial charge on any atom is 0.0847 e. The van der Waals surface area contributed by atoms with Crippen molar-refractivity contribution in [1.29, 1.82) is 0 Å². The Bertz CT molecular complexity index is 389. The van der Waals surface area contributed by atoms with Gasteiger partial charge in [0.15, 0.2) is 0 Å². The van der Waals surface area contributed by atoms with Crippen LogP contribution in [0, 0.1) is 12.8 Å². The van der Waals surface area contributed by atoms with E-state index in [9.17, 15) is 0 Å². The first kappa shape index (κ1) is 13.4. The molecule has 4 heteroatoms. The van der Waals surface area contributed by atoms with Crippen LogP contribution in [0.4, 0.5) is 0 Å². The zero-order valence-electron chi connectivity index (χ0n) is 10.5. The van der Waals surface area contributed by atoms with E-state index in [2.05, 4.69) is 32.6 Å². The van der Waals surface area contributed by atoms with Crippen molar-refractivity contribution in [3.05, 3.63) is 16.4 Å². The molecule has 1 saturated carbocycles. The summed E-state index contributed by atoms with van der Waals surface area (Å²) in [6.07, 6.45) is 6.36. The van der Waals surface area contributed by atoms with Gasteiger partial charge in [-0.15, -0.1) is 0 Å². The Morgan fingerprint density at radius 3 is 2.76 bits per heavy atom. The standard InChI is InChI=1S/C13H20BrClN2/c1-3-17-12(13(15)9(2)16-17)8-10-6-4-5-7-11(10)14/h10-11H,3-8H2,1-2H3. The van der Waals surface area contributed by atoms with Gasteiger partial charge in [-0.3, -0.25) is 4.68 Å². The summed E-state index contributed by atoms with van der Waals surface area (Å²) in [6.45, 7) is 5.02. The third kappa shape index (κ3) is 2.87. The number of hydrogen-bond donors (Lipinski definition) is 0. The zero-order chi connectivity index (χ0) is 12.4. The van der Waals surface area contributed by atoms with Gasteiger partial charge in [-0.2, -0.15) is 5.10 Å². The Kier molecular flexibility index (Phi) is 4.53. The molecule has 2 atom stereocenters. The predicted octanol–water partition coefficient (Wildman–Crippen LogP) is 4.36. The summed E-state index contributed by atoms with van der Waals surface area (Å²) in [5.74, 6) is 0.711. The molecular weight excluding hydrogens is 300 g/mol. The van der Waals surface area contributed by atoms with Crippen LogP contribution in [0.25, 0.3) is 0 Å². The monoisotopic (exact) mass is 318 g/mol. The lowest BCUT2D eigenvalue weighted by Crippen LogP contribution is -2.22. The van der Waals surface area contributed by atoms with Crippen LogP contribution in [0.15, 0.2) is 0 Å². The smallest absolute Gasteiger partial charge is 0.0847 e. The second-order valence-corrected chi connectivity index (χ2v) is 6.48. The molecule has 0 aliphatic heterocycles. The third-order valence-corrected chi connectivity index (χ3v) is 5.42. The Balaban J connectivity index is 2.16. The molecule has 1 heterocycles. The highest BCUT2D eigenvalue weighted by Gasteiger charge is 2.25. The molecule has 0 N–H and O–H groups in total. The van der Waals surface area contributed by atoms with Gasteiger partial charge < -0.3 is 0 Å². The van der Waals surface area contributed by atoms with Crippen molar-refractivity contribution in [2.45, 2.75) is 57.3 Å². The lowest BCUT2D eigenvalue weighted by atomic mass is 9.86. The van der Waals surface area contributed by atoms with E-state index >= 15 is 0 Å². The minimum atomic E-state index is 0.646. The molecule has 0 saturated heterocycles. The molecule has 96 valence electrons.